The zero-order valence-electron chi connectivity index (χ0n) is 16.1. The van der Waals surface area contributed by atoms with Crippen molar-refractivity contribution in [3.8, 4) is 11.3 Å². The Labute approximate surface area is 190 Å². The van der Waals surface area contributed by atoms with E-state index in [1.165, 1.54) is 30.3 Å². The standard InChI is InChI=1S/C21H13N3O6S2/c25-19-18(32-21(31)23(19)22-16-7-2-1-6-15(16)20(26)27)11-14-8-9-17(30-14)12-4-3-5-13(10-12)24(28)29/h1-11,22H,(H,26,27)/b18-11+. The molecule has 2 N–H and O–H groups in total. The smallest absolute Gasteiger partial charge is 0.337 e. The van der Waals surface area contributed by atoms with E-state index < -0.39 is 16.8 Å². The van der Waals surface area contributed by atoms with E-state index in [-0.39, 0.29) is 26.2 Å². The number of thiocarbonyl (C=S) groups is 1. The van der Waals surface area contributed by atoms with Crippen LogP contribution in [0.4, 0.5) is 11.4 Å². The van der Waals surface area contributed by atoms with Crippen molar-refractivity contribution < 1.29 is 24.0 Å². The van der Waals surface area contributed by atoms with Gasteiger partial charge in [-0.25, -0.2) is 9.80 Å². The molecule has 160 valence electrons. The predicted octanol–water partition coefficient (Wildman–Crippen LogP) is 4.78. The number of amides is 1. The lowest BCUT2D eigenvalue weighted by molar-refractivity contribution is -0.384. The lowest BCUT2D eigenvalue weighted by atomic mass is 10.1. The van der Waals surface area contributed by atoms with Crippen LogP contribution in [0.2, 0.25) is 0 Å². The Hall–Kier alpha value is -3.96. The van der Waals surface area contributed by atoms with Gasteiger partial charge in [0.05, 0.1) is 21.1 Å². The number of nitro benzene ring substituents is 1. The normalized spacial score (nSPS) is 14.8. The van der Waals surface area contributed by atoms with Crippen LogP contribution >= 0.6 is 24.0 Å². The second kappa shape index (κ2) is 8.65. The van der Waals surface area contributed by atoms with E-state index in [1.807, 2.05) is 0 Å². The van der Waals surface area contributed by atoms with Crippen molar-refractivity contribution in [3.63, 3.8) is 0 Å². The highest BCUT2D eigenvalue weighted by atomic mass is 32.2. The molecule has 0 spiro atoms. The summed E-state index contributed by atoms with van der Waals surface area (Å²) in [5, 5.41) is 21.4. The molecule has 0 bridgehead atoms. The molecule has 9 nitrogen and oxygen atoms in total. The maximum atomic E-state index is 12.8. The molecule has 0 saturated carbocycles. The summed E-state index contributed by atoms with van der Waals surface area (Å²) in [7, 11) is 0. The Balaban J connectivity index is 1.56. The Bertz CT molecular complexity index is 1300. The molecule has 1 saturated heterocycles. The van der Waals surface area contributed by atoms with Crippen molar-refractivity contribution in [1.29, 1.82) is 0 Å². The number of hydrazine groups is 1. The molecule has 1 aliphatic heterocycles. The van der Waals surface area contributed by atoms with Crippen LogP contribution in [0, 0.1) is 10.1 Å². The minimum absolute atomic E-state index is 0.00170. The van der Waals surface area contributed by atoms with Crippen LogP contribution in [0.25, 0.3) is 17.4 Å². The van der Waals surface area contributed by atoms with Gasteiger partial charge < -0.3 is 9.52 Å². The maximum Gasteiger partial charge on any atom is 0.337 e. The summed E-state index contributed by atoms with van der Waals surface area (Å²) in [6.45, 7) is 0. The second-order valence-electron chi connectivity index (χ2n) is 6.49. The Kier molecular flexibility index (Phi) is 5.75. The molecule has 11 heteroatoms. The molecular weight excluding hydrogens is 454 g/mol. The molecule has 2 aromatic carbocycles. The van der Waals surface area contributed by atoms with E-state index in [0.29, 0.717) is 17.1 Å². The summed E-state index contributed by atoms with van der Waals surface area (Å²) < 4.78 is 5.93. The number of hydrogen-bond donors (Lipinski definition) is 2. The first-order chi connectivity index (χ1) is 15.3. The van der Waals surface area contributed by atoms with Crippen LogP contribution in [0.1, 0.15) is 16.1 Å². The number of nitrogens with zero attached hydrogens (tertiary/aromatic N) is 2. The highest BCUT2D eigenvalue weighted by molar-refractivity contribution is 8.26. The number of aromatic carboxylic acids is 1. The third kappa shape index (κ3) is 4.24. The van der Waals surface area contributed by atoms with Crippen LogP contribution in [0.3, 0.4) is 0 Å². The summed E-state index contributed by atoms with van der Waals surface area (Å²) in [5.41, 5.74) is 3.45. The summed E-state index contributed by atoms with van der Waals surface area (Å²) in [5.74, 6) is -0.839. The molecule has 32 heavy (non-hydrogen) atoms. The van der Waals surface area contributed by atoms with Gasteiger partial charge in [0.15, 0.2) is 4.32 Å². The Morgan fingerprint density at radius 1 is 1.19 bits per heavy atom. The molecule has 0 atom stereocenters. The van der Waals surface area contributed by atoms with Gasteiger partial charge in [-0.3, -0.25) is 20.3 Å². The number of carbonyl (C=O) groups excluding carboxylic acids is 1. The first kappa shape index (κ1) is 21.3. The number of carboxylic acid groups (broad SMARTS) is 1. The van der Waals surface area contributed by atoms with Gasteiger partial charge >= 0.3 is 5.97 Å². The van der Waals surface area contributed by atoms with Crippen LogP contribution in [0.5, 0.6) is 0 Å². The fourth-order valence-electron chi connectivity index (χ4n) is 2.94. The zero-order valence-corrected chi connectivity index (χ0v) is 17.7. The number of furan rings is 1. The van der Waals surface area contributed by atoms with Crippen molar-refractivity contribution in [3.05, 3.63) is 87.0 Å². The summed E-state index contributed by atoms with van der Waals surface area (Å²) >= 11 is 6.29. The van der Waals surface area contributed by atoms with E-state index in [9.17, 15) is 24.8 Å². The first-order valence-corrected chi connectivity index (χ1v) is 10.3. The van der Waals surface area contributed by atoms with Crippen LogP contribution in [-0.4, -0.2) is 31.2 Å². The number of thioether (sulfide) groups is 1. The van der Waals surface area contributed by atoms with Crippen molar-refractivity contribution in [2.75, 3.05) is 5.43 Å². The fraction of sp³-hybridized carbons (Fsp3) is 0. The van der Waals surface area contributed by atoms with Gasteiger partial charge in [0.2, 0.25) is 0 Å². The van der Waals surface area contributed by atoms with Crippen molar-refractivity contribution >= 4 is 57.6 Å². The SMILES string of the molecule is O=C(O)c1ccccc1NN1C(=O)/C(=C\c2ccc(-c3cccc([N+](=O)[O-])c3)o2)SC1=S. The van der Waals surface area contributed by atoms with E-state index in [0.717, 1.165) is 16.8 Å². The Morgan fingerprint density at radius 2 is 1.97 bits per heavy atom. The van der Waals surface area contributed by atoms with Gasteiger partial charge in [-0.15, -0.1) is 0 Å². The molecule has 1 fully saturated rings. The third-order valence-corrected chi connectivity index (χ3v) is 5.73. The summed E-state index contributed by atoms with van der Waals surface area (Å²) in [4.78, 5) is 35.0. The summed E-state index contributed by atoms with van der Waals surface area (Å²) in [6, 6.07) is 15.5. The van der Waals surface area contributed by atoms with E-state index in [1.54, 1.807) is 36.4 Å². The lowest BCUT2D eigenvalue weighted by Crippen LogP contribution is -2.34. The van der Waals surface area contributed by atoms with Gasteiger partial charge in [-0.05, 0) is 36.5 Å². The van der Waals surface area contributed by atoms with Crippen molar-refractivity contribution in [2.45, 2.75) is 0 Å². The molecule has 2 heterocycles. The zero-order chi connectivity index (χ0) is 22.8. The van der Waals surface area contributed by atoms with E-state index in [2.05, 4.69) is 5.43 Å². The lowest BCUT2D eigenvalue weighted by Gasteiger charge is -2.18. The average Bonchev–Trinajstić information content (AvgIpc) is 3.34. The van der Waals surface area contributed by atoms with Crippen molar-refractivity contribution in [2.24, 2.45) is 0 Å². The minimum atomic E-state index is -1.14. The number of carbonyl (C=O) groups is 2. The third-order valence-electron chi connectivity index (χ3n) is 4.43. The highest BCUT2D eigenvalue weighted by Gasteiger charge is 2.33. The number of nitrogens with one attached hydrogen (secondary N) is 1. The number of nitro groups is 1. The second-order valence-corrected chi connectivity index (χ2v) is 8.16. The van der Waals surface area contributed by atoms with Crippen LogP contribution in [0.15, 0.2) is 70.0 Å². The topological polar surface area (TPSA) is 126 Å². The Morgan fingerprint density at radius 3 is 2.72 bits per heavy atom. The number of carboxylic acids is 1. The molecular formula is C21H13N3O6S2. The van der Waals surface area contributed by atoms with E-state index >= 15 is 0 Å². The molecule has 1 aromatic heterocycles. The van der Waals surface area contributed by atoms with Crippen molar-refractivity contribution in [1.82, 2.24) is 5.01 Å². The molecule has 0 radical (unpaired) electrons. The summed E-state index contributed by atoms with van der Waals surface area (Å²) in [6.07, 6.45) is 1.50. The van der Waals surface area contributed by atoms with E-state index in [4.69, 9.17) is 16.6 Å². The molecule has 1 amide bonds. The van der Waals surface area contributed by atoms with Crippen LogP contribution in [-0.2, 0) is 4.79 Å². The predicted molar refractivity (Wildman–Crippen MR) is 123 cm³/mol. The maximum absolute atomic E-state index is 12.8. The number of non-ortho nitro benzene ring substituents is 1. The van der Waals surface area contributed by atoms with Gasteiger partial charge in [-0.2, -0.15) is 0 Å². The number of para-hydroxylation sites is 1. The average molecular weight is 467 g/mol. The first-order valence-electron chi connectivity index (χ1n) is 9.05. The van der Waals surface area contributed by atoms with Gasteiger partial charge in [0.25, 0.3) is 11.6 Å². The van der Waals surface area contributed by atoms with Crippen LogP contribution < -0.4 is 5.43 Å². The largest absolute Gasteiger partial charge is 0.478 e. The number of benzene rings is 2. The molecule has 0 aliphatic carbocycles. The van der Waals surface area contributed by atoms with Gasteiger partial charge in [-0.1, -0.05) is 36.0 Å². The minimum Gasteiger partial charge on any atom is -0.478 e. The molecule has 3 aromatic rings. The number of hydrogen-bond acceptors (Lipinski definition) is 8. The quantitative estimate of drug-likeness (QED) is 0.228. The molecule has 4 rings (SSSR count). The fourth-order valence-corrected chi connectivity index (χ4v) is 4.10. The monoisotopic (exact) mass is 467 g/mol. The number of anilines is 1. The molecule has 1 aliphatic rings. The van der Waals surface area contributed by atoms with Gasteiger partial charge in [0, 0.05) is 23.8 Å². The van der Waals surface area contributed by atoms with Gasteiger partial charge in [0.1, 0.15) is 11.5 Å². The number of rotatable bonds is 6. The highest BCUT2D eigenvalue weighted by Crippen LogP contribution is 2.34. The molecule has 0 unspecified atom stereocenters.